The van der Waals surface area contributed by atoms with Crippen LogP contribution in [0.25, 0.3) is 21.6 Å². The van der Waals surface area contributed by atoms with Crippen molar-refractivity contribution in [2.45, 2.75) is 71.9 Å². The van der Waals surface area contributed by atoms with E-state index in [4.69, 9.17) is 19.1 Å². The highest BCUT2D eigenvalue weighted by molar-refractivity contribution is 7.13. The second kappa shape index (κ2) is 11.1. The van der Waals surface area contributed by atoms with Gasteiger partial charge in [-0.25, -0.2) is 14.8 Å². The predicted octanol–water partition coefficient (Wildman–Crippen LogP) is 6.19. The Morgan fingerprint density at radius 2 is 1.82 bits per heavy atom. The molecule has 204 valence electrons. The Hall–Kier alpha value is -3.50. The lowest BCUT2D eigenvalue weighted by atomic mass is 10.0. The van der Waals surface area contributed by atoms with Crippen molar-refractivity contribution in [2.24, 2.45) is 0 Å². The van der Waals surface area contributed by atoms with Crippen molar-refractivity contribution in [3.05, 3.63) is 40.4 Å². The topological polar surface area (TPSA) is 98.7 Å². The number of thiazole rings is 1. The molecule has 8 nitrogen and oxygen atoms in total. The maximum atomic E-state index is 13.1. The van der Waals surface area contributed by atoms with Crippen molar-refractivity contribution < 1.29 is 37.0 Å². The number of halogens is 3. The first-order valence-corrected chi connectivity index (χ1v) is 12.6. The molecule has 1 amide bonds. The molecular weight excluding hydrogens is 523 g/mol. The zero-order valence-electron chi connectivity index (χ0n) is 21.8. The first-order valence-electron chi connectivity index (χ1n) is 11.7. The van der Waals surface area contributed by atoms with Crippen molar-refractivity contribution in [2.75, 3.05) is 6.54 Å². The van der Waals surface area contributed by atoms with Crippen LogP contribution in [-0.4, -0.2) is 51.4 Å². The van der Waals surface area contributed by atoms with Crippen molar-refractivity contribution in [3.8, 4) is 16.5 Å². The second-order valence-electron chi connectivity index (χ2n) is 9.99. The van der Waals surface area contributed by atoms with Gasteiger partial charge in [0.05, 0.1) is 12.1 Å². The standard InChI is InChI=1S/C25H28F3N3O3S.CO2/c1-13-7-8-17-19(33-16-9-14(2)31(11-16)23(32)34-24(4,5)6)10-18(29-21(17)15(13)3)22-30-20(12-35-22)25(26,27)28;2-1-3/h7-8,10,12,14,16H,9,11H2,1-6H3;/t14-,16?;/m0./s1. The largest absolute Gasteiger partial charge is 0.488 e. The Labute approximate surface area is 221 Å². The lowest BCUT2D eigenvalue weighted by molar-refractivity contribution is -0.191. The molecule has 1 aromatic carbocycles. The number of amides is 1. The van der Waals surface area contributed by atoms with Crippen LogP contribution in [0.2, 0.25) is 0 Å². The van der Waals surface area contributed by atoms with Gasteiger partial charge >= 0.3 is 18.4 Å². The molecule has 1 saturated heterocycles. The second-order valence-corrected chi connectivity index (χ2v) is 10.8. The third kappa shape index (κ3) is 6.68. The summed E-state index contributed by atoms with van der Waals surface area (Å²) in [6.45, 7) is 11.6. The van der Waals surface area contributed by atoms with Crippen LogP contribution < -0.4 is 4.74 Å². The summed E-state index contributed by atoms with van der Waals surface area (Å²) in [6.07, 6.45) is -4.38. The highest BCUT2D eigenvalue weighted by Gasteiger charge is 2.37. The summed E-state index contributed by atoms with van der Waals surface area (Å²) in [6, 6.07) is 5.41. The number of hydrogen-bond acceptors (Lipinski definition) is 8. The fourth-order valence-electron chi connectivity index (χ4n) is 4.05. The Morgan fingerprint density at radius 1 is 1.16 bits per heavy atom. The minimum Gasteiger partial charge on any atom is -0.488 e. The first-order chi connectivity index (χ1) is 17.6. The Balaban J connectivity index is 0.00000127. The zero-order valence-corrected chi connectivity index (χ0v) is 22.6. The number of carbonyl (C=O) groups is 1. The van der Waals surface area contributed by atoms with Gasteiger partial charge in [0.15, 0.2) is 5.69 Å². The summed E-state index contributed by atoms with van der Waals surface area (Å²) in [7, 11) is 0. The van der Waals surface area contributed by atoms with Gasteiger partial charge in [0.1, 0.15) is 28.2 Å². The van der Waals surface area contributed by atoms with Crippen LogP contribution >= 0.6 is 11.3 Å². The number of ether oxygens (including phenoxy) is 2. The molecular formula is C26H28F3N3O5S. The van der Waals surface area contributed by atoms with Gasteiger partial charge in [0, 0.05) is 29.3 Å². The van der Waals surface area contributed by atoms with Crippen molar-refractivity contribution in [1.82, 2.24) is 14.9 Å². The van der Waals surface area contributed by atoms with Crippen LogP contribution in [0.1, 0.15) is 50.9 Å². The van der Waals surface area contributed by atoms with E-state index in [0.717, 1.165) is 33.2 Å². The molecule has 1 unspecified atom stereocenters. The number of alkyl halides is 3. The lowest BCUT2D eigenvalue weighted by Gasteiger charge is -2.26. The molecule has 38 heavy (non-hydrogen) atoms. The minimum absolute atomic E-state index is 0.0836. The predicted molar refractivity (Wildman–Crippen MR) is 134 cm³/mol. The first kappa shape index (κ1) is 29.1. The Kier molecular flexibility index (Phi) is 8.48. The van der Waals surface area contributed by atoms with Gasteiger partial charge in [-0.3, -0.25) is 0 Å². The van der Waals surface area contributed by atoms with Crippen LogP contribution in [0.15, 0.2) is 23.6 Å². The van der Waals surface area contributed by atoms with E-state index >= 15 is 0 Å². The average Bonchev–Trinajstić information content (AvgIpc) is 3.43. The number of benzene rings is 1. The molecule has 0 radical (unpaired) electrons. The molecule has 3 aromatic rings. The SMILES string of the molecule is Cc1ccc2c(OC3C[C@H](C)N(C(=O)OC(C)(C)C)C3)cc(-c3nc(C(F)(F)F)cs3)nc2c1C.O=C=O. The quantitative estimate of drug-likeness (QED) is 0.383. The van der Waals surface area contributed by atoms with E-state index in [9.17, 15) is 18.0 Å². The smallest absolute Gasteiger partial charge is 0.434 e. The maximum Gasteiger partial charge on any atom is 0.434 e. The van der Waals surface area contributed by atoms with Crippen LogP contribution in [0, 0.1) is 13.8 Å². The highest BCUT2D eigenvalue weighted by Crippen LogP contribution is 2.38. The number of fused-ring (bicyclic) bond motifs is 1. The van der Waals surface area contributed by atoms with E-state index < -0.39 is 23.6 Å². The molecule has 3 heterocycles. The van der Waals surface area contributed by atoms with Crippen molar-refractivity contribution in [3.63, 3.8) is 0 Å². The van der Waals surface area contributed by atoms with Gasteiger partial charge < -0.3 is 14.4 Å². The van der Waals surface area contributed by atoms with E-state index in [1.165, 1.54) is 0 Å². The number of nitrogens with zero attached hydrogens (tertiary/aromatic N) is 3. The maximum absolute atomic E-state index is 13.1. The molecule has 0 aliphatic carbocycles. The number of hydrogen-bond donors (Lipinski definition) is 0. The number of pyridine rings is 1. The summed E-state index contributed by atoms with van der Waals surface area (Å²) in [4.78, 5) is 38.9. The highest BCUT2D eigenvalue weighted by atomic mass is 32.1. The number of likely N-dealkylation sites (tertiary alicyclic amines) is 1. The average molecular weight is 552 g/mol. The van der Waals surface area contributed by atoms with Gasteiger partial charge in [-0.2, -0.15) is 22.8 Å². The zero-order chi connectivity index (χ0) is 28.4. The van der Waals surface area contributed by atoms with E-state index in [-0.39, 0.29) is 23.3 Å². The summed E-state index contributed by atoms with van der Waals surface area (Å²) in [5, 5.41) is 1.91. The monoisotopic (exact) mass is 551 g/mol. The van der Waals surface area contributed by atoms with Gasteiger partial charge in [-0.1, -0.05) is 6.07 Å². The fraction of sp³-hybridized carbons (Fsp3) is 0.462. The summed E-state index contributed by atoms with van der Waals surface area (Å²) < 4.78 is 51.3. The fourth-order valence-corrected chi connectivity index (χ4v) is 4.83. The normalized spacial score (nSPS) is 17.6. The van der Waals surface area contributed by atoms with E-state index in [2.05, 4.69) is 9.97 Å². The minimum atomic E-state index is -4.53. The number of rotatable bonds is 3. The lowest BCUT2D eigenvalue weighted by Crippen LogP contribution is -2.39. The van der Waals surface area contributed by atoms with E-state index in [1.54, 1.807) is 11.0 Å². The number of aromatic nitrogens is 2. The summed E-state index contributed by atoms with van der Waals surface area (Å²) >= 11 is 0.891. The Bertz CT molecular complexity index is 1360. The van der Waals surface area contributed by atoms with Crippen molar-refractivity contribution in [1.29, 1.82) is 0 Å². The molecule has 1 fully saturated rings. The molecule has 0 N–H and O–H groups in total. The molecule has 0 spiro atoms. The van der Waals surface area contributed by atoms with Gasteiger partial charge in [-0.05, 0) is 58.7 Å². The Morgan fingerprint density at radius 3 is 2.39 bits per heavy atom. The summed E-state index contributed by atoms with van der Waals surface area (Å²) in [5.41, 5.74) is 1.34. The third-order valence-corrected chi connectivity index (χ3v) is 6.80. The van der Waals surface area contributed by atoms with Crippen LogP contribution in [-0.2, 0) is 20.5 Å². The molecule has 4 rings (SSSR count). The van der Waals surface area contributed by atoms with Crippen LogP contribution in [0.4, 0.5) is 18.0 Å². The van der Waals surface area contributed by atoms with Crippen LogP contribution in [0.3, 0.4) is 0 Å². The third-order valence-electron chi connectivity index (χ3n) is 5.94. The van der Waals surface area contributed by atoms with E-state index in [1.807, 2.05) is 53.7 Å². The molecule has 2 atom stereocenters. The molecule has 1 aliphatic rings. The van der Waals surface area contributed by atoms with E-state index in [0.29, 0.717) is 29.9 Å². The van der Waals surface area contributed by atoms with Gasteiger partial charge in [-0.15, -0.1) is 11.3 Å². The van der Waals surface area contributed by atoms with Gasteiger partial charge in [0.25, 0.3) is 0 Å². The van der Waals surface area contributed by atoms with Crippen LogP contribution in [0.5, 0.6) is 5.75 Å². The molecule has 12 heteroatoms. The molecule has 0 bridgehead atoms. The number of carbonyl (C=O) groups excluding carboxylic acids is 3. The summed E-state index contributed by atoms with van der Waals surface area (Å²) in [5.74, 6) is 0.500. The molecule has 2 aromatic heterocycles. The van der Waals surface area contributed by atoms with Crippen molar-refractivity contribution >= 4 is 34.5 Å². The number of aryl methyl sites for hydroxylation is 2. The van der Waals surface area contributed by atoms with Gasteiger partial charge in [0.2, 0.25) is 0 Å². The molecule has 1 aliphatic heterocycles. The molecule has 0 saturated carbocycles.